The fourth-order valence-electron chi connectivity index (χ4n) is 1.64. The summed E-state index contributed by atoms with van der Waals surface area (Å²) < 4.78 is 5.85. The van der Waals surface area contributed by atoms with Crippen molar-refractivity contribution in [2.24, 2.45) is 0 Å². The minimum absolute atomic E-state index is 0.134. The number of carbonyl (C=O) groups excluding carboxylic acids is 1. The van der Waals surface area contributed by atoms with Crippen molar-refractivity contribution in [3.05, 3.63) is 23.3 Å². The number of pyridine rings is 1. The number of ether oxygens (including phenoxy) is 1. The van der Waals surface area contributed by atoms with Crippen LogP contribution in [0.5, 0.6) is 0 Å². The number of thiophene rings is 1. The SMILES string of the molecule is COCCCNC(=O)c1sc2cnccc2c1N. The highest BCUT2D eigenvalue weighted by atomic mass is 32.1. The number of aromatic nitrogens is 1. The molecule has 0 aliphatic rings. The number of hydrogen-bond donors (Lipinski definition) is 2. The van der Waals surface area contributed by atoms with E-state index in [4.69, 9.17) is 10.5 Å². The lowest BCUT2D eigenvalue weighted by atomic mass is 10.2. The molecule has 0 radical (unpaired) electrons. The lowest BCUT2D eigenvalue weighted by Crippen LogP contribution is -2.25. The molecule has 0 aliphatic carbocycles. The number of methoxy groups -OCH3 is 1. The zero-order valence-corrected chi connectivity index (χ0v) is 10.9. The van der Waals surface area contributed by atoms with Crippen LogP contribution in [0, 0.1) is 0 Å². The number of anilines is 1. The minimum Gasteiger partial charge on any atom is -0.397 e. The number of rotatable bonds is 5. The topological polar surface area (TPSA) is 77.2 Å². The van der Waals surface area contributed by atoms with Crippen LogP contribution in [0.1, 0.15) is 16.1 Å². The maximum absolute atomic E-state index is 12.0. The molecule has 2 aromatic heterocycles. The van der Waals surface area contributed by atoms with E-state index in [0.717, 1.165) is 16.5 Å². The molecule has 96 valence electrons. The van der Waals surface area contributed by atoms with Gasteiger partial charge in [0.25, 0.3) is 5.91 Å². The molecule has 3 N–H and O–H groups in total. The molecule has 0 aliphatic heterocycles. The van der Waals surface area contributed by atoms with Gasteiger partial charge in [0, 0.05) is 38.0 Å². The Morgan fingerprint density at radius 3 is 3.17 bits per heavy atom. The molecule has 2 aromatic rings. The van der Waals surface area contributed by atoms with Crippen molar-refractivity contribution >= 4 is 33.0 Å². The molecule has 0 atom stereocenters. The minimum atomic E-state index is -0.134. The molecule has 2 rings (SSSR count). The second-order valence-corrected chi connectivity index (χ2v) is 4.87. The van der Waals surface area contributed by atoms with E-state index in [9.17, 15) is 4.79 Å². The molecular weight excluding hydrogens is 250 g/mol. The molecule has 0 bridgehead atoms. The number of nitrogens with zero attached hydrogens (tertiary/aromatic N) is 1. The third-order valence-corrected chi connectivity index (χ3v) is 3.70. The summed E-state index contributed by atoms with van der Waals surface area (Å²) in [5, 5.41) is 3.71. The van der Waals surface area contributed by atoms with Crippen molar-refractivity contribution in [2.75, 3.05) is 26.0 Å². The van der Waals surface area contributed by atoms with Crippen molar-refractivity contribution in [2.45, 2.75) is 6.42 Å². The lowest BCUT2D eigenvalue weighted by Gasteiger charge is -2.03. The summed E-state index contributed by atoms with van der Waals surface area (Å²) in [6.07, 6.45) is 4.18. The fraction of sp³-hybridized carbons (Fsp3) is 0.333. The Labute approximate surface area is 109 Å². The average molecular weight is 265 g/mol. The van der Waals surface area contributed by atoms with Crippen molar-refractivity contribution in [3.8, 4) is 0 Å². The zero-order chi connectivity index (χ0) is 13.0. The quantitative estimate of drug-likeness (QED) is 0.806. The molecule has 0 saturated carbocycles. The Morgan fingerprint density at radius 1 is 1.61 bits per heavy atom. The van der Waals surface area contributed by atoms with Crippen LogP contribution in [0.2, 0.25) is 0 Å². The van der Waals surface area contributed by atoms with E-state index >= 15 is 0 Å². The van der Waals surface area contributed by atoms with Gasteiger partial charge in [-0.2, -0.15) is 0 Å². The number of nitrogens with two attached hydrogens (primary N) is 1. The number of hydrogen-bond acceptors (Lipinski definition) is 5. The molecular formula is C12H15N3O2S. The smallest absolute Gasteiger partial charge is 0.263 e. The molecule has 5 nitrogen and oxygen atoms in total. The van der Waals surface area contributed by atoms with Gasteiger partial charge in [0.05, 0.1) is 10.4 Å². The Hall–Kier alpha value is -1.66. The summed E-state index contributed by atoms with van der Waals surface area (Å²) in [6.45, 7) is 1.21. The fourth-order valence-corrected chi connectivity index (χ4v) is 2.64. The first kappa shape index (κ1) is 12.8. The van der Waals surface area contributed by atoms with Crippen LogP contribution in [0.3, 0.4) is 0 Å². The van der Waals surface area contributed by atoms with E-state index in [-0.39, 0.29) is 5.91 Å². The van der Waals surface area contributed by atoms with Gasteiger partial charge in [-0.3, -0.25) is 9.78 Å². The van der Waals surface area contributed by atoms with Gasteiger partial charge in [-0.15, -0.1) is 11.3 Å². The summed E-state index contributed by atoms with van der Waals surface area (Å²) in [5.74, 6) is -0.134. The van der Waals surface area contributed by atoms with E-state index in [1.165, 1.54) is 11.3 Å². The molecule has 0 unspecified atom stereocenters. The Bertz CT molecular complexity index is 553. The maximum atomic E-state index is 12.0. The van der Waals surface area contributed by atoms with Gasteiger partial charge >= 0.3 is 0 Å². The van der Waals surface area contributed by atoms with Crippen LogP contribution in [-0.4, -0.2) is 31.2 Å². The van der Waals surface area contributed by atoms with Crippen LogP contribution in [0.25, 0.3) is 10.1 Å². The van der Waals surface area contributed by atoms with E-state index in [1.807, 2.05) is 6.07 Å². The van der Waals surface area contributed by atoms with Gasteiger partial charge in [-0.25, -0.2) is 0 Å². The summed E-state index contributed by atoms with van der Waals surface area (Å²) in [6, 6.07) is 1.82. The van der Waals surface area contributed by atoms with Gasteiger partial charge in [-0.1, -0.05) is 0 Å². The normalized spacial score (nSPS) is 10.7. The van der Waals surface area contributed by atoms with E-state index in [1.54, 1.807) is 19.5 Å². The molecule has 2 heterocycles. The number of carbonyl (C=O) groups is 1. The first-order valence-corrected chi connectivity index (χ1v) is 6.45. The first-order chi connectivity index (χ1) is 8.74. The molecule has 1 amide bonds. The van der Waals surface area contributed by atoms with Gasteiger partial charge in [0.2, 0.25) is 0 Å². The lowest BCUT2D eigenvalue weighted by molar-refractivity contribution is 0.0953. The van der Waals surface area contributed by atoms with Crippen LogP contribution in [0.4, 0.5) is 5.69 Å². The average Bonchev–Trinajstić information content (AvgIpc) is 2.73. The Morgan fingerprint density at radius 2 is 2.44 bits per heavy atom. The van der Waals surface area contributed by atoms with Gasteiger partial charge in [-0.05, 0) is 12.5 Å². The summed E-state index contributed by atoms with van der Waals surface area (Å²) in [4.78, 5) is 16.5. The van der Waals surface area contributed by atoms with Crippen molar-refractivity contribution < 1.29 is 9.53 Å². The van der Waals surface area contributed by atoms with E-state index in [2.05, 4.69) is 10.3 Å². The number of nitrogens with one attached hydrogen (secondary N) is 1. The highest BCUT2D eigenvalue weighted by Gasteiger charge is 2.15. The largest absolute Gasteiger partial charge is 0.397 e. The van der Waals surface area contributed by atoms with Crippen LogP contribution < -0.4 is 11.1 Å². The predicted octanol–water partition coefficient (Wildman–Crippen LogP) is 1.64. The number of fused-ring (bicyclic) bond motifs is 1. The third-order valence-electron chi connectivity index (χ3n) is 2.55. The predicted molar refractivity (Wildman–Crippen MR) is 72.9 cm³/mol. The second kappa shape index (κ2) is 5.79. The van der Waals surface area contributed by atoms with Crippen LogP contribution in [0.15, 0.2) is 18.5 Å². The summed E-state index contributed by atoms with van der Waals surface area (Å²) in [5.41, 5.74) is 6.50. The second-order valence-electron chi connectivity index (χ2n) is 3.82. The van der Waals surface area contributed by atoms with Crippen molar-refractivity contribution in [1.29, 1.82) is 0 Å². The van der Waals surface area contributed by atoms with Crippen LogP contribution >= 0.6 is 11.3 Å². The van der Waals surface area contributed by atoms with Gasteiger partial charge in [0.1, 0.15) is 4.88 Å². The Kier molecular flexibility index (Phi) is 4.11. The van der Waals surface area contributed by atoms with E-state index in [0.29, 0.717) is 23.7 Å². The summed E-state index contributed by atoms with van der Waals surface area (Å²) >= 11 is 1.36. The highest BCUT2D eigenvalue weighted by Crippen LogP contribution is 2.32. The zero-order valence-electron chi connectivity index (χ0n) is 10.1. The first-order valence-electron chi connectivity index (χ1n) is 5.63. The molecule has 0 saturated heterocycles. The number of nitrogen functional groups attached to an aromatic ring is 1. The van der Waals surface area contributed by atoms with Crippen molar-refractivity contribution in [3.63, 3.8) is 0 Å². The monoisotopic (exact) mass is 265 g/mol. The molecule has 0 fully saturated rings. The third kappa shape index (κ3) is 2.60. The van der Waals surface area contributed by atoms with Crippen LogP contribution in [-0.2, 0) is 4.74 Å². The molecule has 0 aromatic carbocycles. The highest BCUT2D eigenvalue weighted by molar-refractivity contribution is 7.21. The maximum Gasteiger partial charge on any atom is 0.263 e. The van der Waals surface area contributed by atoms with Gasteiger partial charge < -0.3 is 15.8 Å². The Balaban J connectivity index is 2.10. The van der Waals surface area contributed by atoms with Gasteiger partial charge in [0.15, 0.2) is 0 Å². The van der Waals surface area contributed by atoms with Crippen molar-refractivity contribution in [1.82, 2.24) is 10.3 Å². The van der Waals surface area contributed by atoms with E-state index < -0.39 is 0 Å². The molecule has 0 spiro atoms. The molecule has 6 heteroatoms. The molecule has 18 heavy (non-hydrogen) atoms. The summed E-state index contributed by atoms with van der Waals surface area (Å²) in [7, 11) is 1.64. The number of amides is 1. The standard InChI is InChI=1S/C12H15N3O2S/c1-17-6-2-4-15-12(16)11-10(13)8-3-5-14-7-9(8)18-11/h3,5,7H,2,4,6,13H2,1H3,(H,15,16).